The molecule has 2 heterocycles. The minimum absolute atomic E-state index is 0.00914. The first kappa shape index (κ1) is 19.7. The zero-order valence-corrected chi connectivity index (χ0v) is 16.6. The predicted molar refractivity (Wildman–Crippen MR) is 109 cm³/mol. The van der Waals surface area contributed by atoms with Crippen LogP contribution in [-0.2, 0) is 11.2 Å². The van der Waals surface area contributed by atoms with E-state index < -0.39 is 19.0 Å². The number of piperidine rings is 1. The van der Waals surface area contributed by atoms with Crippen LogP contribution >= 0.6 is 0 Å². The summed E-state index contributed by atoms with van der Waals surface area (Å²) in [5.74, 6) is -1.33. The van der Waals surface area contributed by atoms with Crippen molar-refractivity contribution in [2.75, 3.05) is 20.1 Å². The van der Waals surface area contributed by atoms with Gasteiger partial charge in [-0.15, -0.1) is 0 Å². The number of para-hydroxylation sites is 1. The number of likely N-dealkylation sites (tertiary alicyclic amines) is 1. The summed E-state index contributed by atoms with van der Waals surface area (Å²) < 4.78 is 5.47. The molecular formula is C21H25BN2O5. The van der Waals surface area contributed by atoms with Gasteiger partial charge in [0.1, 0.15) is 5.75 Å². The molecule has 152 valence electrons. The van der Waals surface area contributed by atoms with Crippen LogP contribution in [0.4, 0.5) is 0 Å². The topological polar surface area (TPSA) is 99.1 Å². The van der Waals surface area contributed by atoms with Crippen LogP contribution in [-0.4, -0.2) is 60.1 Å². The summed E-state index contributed by atoms with van der Waals surface area (Å²) in [5, 5.41) is 22.6. The first-order chi connectivity index (χ1) is 13.8. The van der Waals surface area contributed by atoms with Crippen molar-refractivity contribution in [3.05, 3.63) is 52.6 Å². The normalized spacial score (nSPS) is 26.4. The van der Waals surface area contributed by atoms with Crippen LogP contribution in [0.3, 0.4) is 0 Å². The van der Waals surface area contributed by atoms with Gasteiger partial charge in [0.15, 0.2) is 0 Å². The number of rotatable bonds is 3. The Balaban J connectivity index is 1.50. The lowest BCUT2D eigenvalue weighted by Crippen LogP contribution is -2.54. The summed E-state index contributed by atoms with van der Waals surface area (Å²) >= 11 is 0. The van der Waals surface area contributed by atoms with Crippen LogP contribution in [0.2, 0.25) is 0 Å². The number of hydrogen-bond acceptors (Lipinski definition) is 5. The minimum Gasteiger partial charge on any atom is -0.534 e. The molecule has 29 heavy (non-hydrogen) atoms. The van der Waals surface area contributed by atoms with Gasteiger partial charge in [-0.1, -0.05) is 36.8 Å². The van der Waals surface area contributed by atoms with E-state index in [1.807, 2.05) is 6.08 Å². The number of benzene rings is 1. The summed E-state index contributed by atoms with van der Waals surface area (Å²) in [4.78, 5) is 26.6. The van der Waals surface area contributed by atoms with Gasteiger partial charge in [-0.05, 0) is 49.9 Å². The fourth-order valence-corrected chi connectivity index (χ4v) is 4.62. The number of carbonyl (C=O) groups excluding carboxylic acids is 1. The van der Waals surface area contributed by atoms with Crippen LogP contribution < -0.4 is 9.97 Å². The molecule has 1 aliphatic carbocycles. The lowest BCUT2D eigenvalue weighted by atomic mass is 9.71. The molecule has 4 rings (SSSR count). The molecule has 1 aromatic carbocycles. The zero-order valence-electron chi connectivity index (χ0n) is 16.6. The molecule has 1 fully saturated rings. The van der Waals surface area contributed by atoms with Crippen LogP contribution in [0.15, 0.2) is 41.5 Å². The van der Waals surface area contributed by atoms with Gasteiger partial charge < -0.3 is 25.0 Å². The van der Waals surface area contributed by atoms with E-state index in [4.69, 9.17) is 4.65 Å². The third kappa shape index (κ3) is 3.70. The zero-order chi connectivity index (χ0) is 20.7. The number of carboxylic acid groups (broad SMARTS) is 1. The summed E-state index contributed by atoms with van der Waals surface area (Å²) in [6.07, 6.45) is 5.27. The van der Waals surface area contributed by atoms with Gasteiger partial charge in [0.2, 0.25) is 5.91 Å². The molecule has 8 heteroatoms. The molecule has 7 nitrogen and oxygen atoms in total. The van der Waals surface area contributed by atoms with Crippen molar-refractivity contribution in [1.82, 2.24) is 10.2 Å². The smallest absolute Gasteiger partial charge is 0.534 e. The molecule has 0 spiro atoms. The van der Waals surface area contributed by atoms with Crippen LogP contribution in [0.1, 0.15) is 29.3 Å². The summed E-state index contributed by atoms with van der Waals surface area (Å²) in [6.45, 7) is 4.02. The Bertz CT molecular complexity index is 912. The van der Waals surface area contributed by atoms with Crippen LogP contribution in [0, 0.1) is 11.8 Å². The van der Waals surface area contributed by atoms with Gasteiger partial charge in [-0.25, -0.2) is 4.79 Å². The second-order valence-electron chi connectivity index (χ2n) is 8.18. The number of hydrogen-bond donors (Lipinski definition) is 3. The highest BCUT2D eigenvalue weighted by atomic mass is 16.5. The Labute approximate surface area is 170 Å². The van der Waals surface area contributed by atoms with Gasteiger partial charge in [-0.3, -0.25) is 4.79 Å². The number of carboxylic acids is 1. The minimum atomic E-state index is -1.30. The number of nitrogens with one attached hydrogen (secondary N) is 1. The molecule has 0 radical (unpaired) electrons. The van der Waals surface area contributed by atoms with E-state index in [-0.39, 0.29) is 23.1 Å². The maximum atomic E-state index is 13.0. The number of allylic oxidation sites excluding steroid dienone is 2. The van der Waals surface area contributed by atoms with Gasteiger partial charge in [0.25, 0.3) is 0 Å². The summed E-state index contributed by atoms with van der Waals surface area (Å²) in [5.41, 5.74) is 2.73. The molecular weight excluding hydrogens is 371 g/mol. The molecule has 2 aliphatic heterocycles. The maximum absolute atomic E-state index is 13.0. The average molecular weight is 396 g/mol. The van der Waals surface area contributed by atoms with E-state index in [9.17, 15) is 19.7 Å². The number of aromatic carboxylic acids is 1. The van der Waals surface area contributed by atoms with E-state index >= 15 is 0 Å². The Morgan fingerprint density at radius 1 is 1.31 bits per heavy atom. The van der Waals surface area contributed by atoms with E-state index in [0.29, 0.717) is 23.5 Å². The fourth-order valence-electron chi connectivity index (χ4n) is 4.62. The van der Waals surface area contributed by atoms with Gasteiger partial charge in [-0.2, -0.15) is 0 Å². The molecule has 0 aromatic heterocycles. The maximum Gasteiger partial charge on any atom is 0.547 e. The standard InChI is InChI=1S/C21H25BN2O5/c1-12-15-8-9-24(2)11-14(15)6-7-16(12)20(25)23-18-10-13-4-3-5-17(21(26)27)19(13)29-22(18)28/h3-7,12,15,18,28H,8-11H2,1-2H3,(H,23,25)(H,26,27)/t12?,15?,18-/m0/s1. The number of nitrogens with zero attached hydrogens (tertiary/aromatic N) is 1. The second-order valence-corrected chi connectivity index (χ2v) is 8.18. The van der Waals surface area contributed by atoms with Gasteiger partial charge in [0, 0.05) is 12.1 Å². The highest BCUT2D eigenvalue weighted by Crippen LogP contribution is 2.37. The third-order valence-electron chi connectivity index (χ3n) is 6.25. The fraction of sp³-hybridized carbons (Fsp3) is 0.429. The van der Waals surface area contributed by atoms with Crippen molar-refractivity contribution in [2.24, 2.45) is 11.8 Å². The van der Waals surface area contributed by atoms with Crippen molar-refractivity contribution >= 4 is 19.0 Å². The molecule has 0 bridgehead atoms. The molecule has 2 unspecified atom stereocenters. The molecule has 1 amide bonds. The van der Waals surface area contributed by atoms with Crippen molar-refractivity contribution in [3.63, 3.8) is 0 Å². The molecule has 0 saturated carbocycles. The highest BCUT2D eigenvalue weighted by Gasteiger charge is 2.39. The van der Waals surface area contributed by atoms with Crippen molar-refractivity contribution in [3.8, 4) is 5.75 Å². The van der Waals surface area contributed by atoms with E-state index in [1.165, 1.54) is 11.6 Å². The van der Waals surface area contributed by atoms with Crippen molar-refractivity contribution in [2.45, 2.75) is 25.7 Å². The van der Waals surface area contributed by atoms with Gasteiger partial charge >= 0.3 is 13.1 Å². The highest BCUT2D eigenvalue weighted by molar-refractivity contribution is 6.47. The number of amides is 1. The van der Waals surface area contributed by atoms with E-state index in [1.54, 1.807) is 12.1 Å². The second kappa shape index (κ2) is 7.69. The monoisotopic (exact) mass is 396 g/mol. The number of likely N-dealkylation sites (N-methyl/N-ethyl adjacent to an activating group) is 1. The molecule has 3 atom stereocenters. The first-order valence-corrected chi connectivity index (χ1v) is 9.95. The van der Waals surface area contributed by atoms with Crippen molar-refractivity contribution in [1.29, 1.82) is 0 Å². The first-order valence-electron chi connectivity index (χ1n) is 9.95. The largest absolute Gasteiger partial charge is 0.547 e. The van der Waals surface area contributed by atoms with E-state index in [0.717, 1.165) is 19.5 Å². The third-order valence-corrected chi connectivity index (χ3v) is 6.25. The number of carbonyl (C=O) groups is 2. The summed E-state index contributed by atoms with van der Waals surface area (Å²) in [6, 6.07) is 4.83. The van der Waals surface area contributed by atoms with E-state index in [2.05, 4.69) is 30.3 Å². The average Bonchev–Trinajstić information content (AvgIpc) is 2.68. The lowest BCUT2D eigenvalue weighted by Gasteiger charge is -2.38. The molecule has 1 saturated heterocycles. The molecule has 1 aromatic rings. The van der Waals surface area contributed by atoms with Gasteiger partial charge in [0.05, 0.1) is 11.5 Å². The Kier molecular flexibility index (Phi) is 5.23. The van der Waals surface area contributed by atoms with Crippen LogP contribution in [0.25, 0.3) is 0 Å². The SMILES string of the molecule is CC1C(C(=O)N[C@H]2Cc3cccc(C(=O)O)c3OB2O)=CC=C2CN(C)CCC21. The lowest BCUT2D eigenvalue weighted by molar-refractivity contribution is -0.118. The Morgan fingerprint density at radius 2 is 2.10 bits per heavy atom. The van der Waals surface area contributed by atoms with Crippen LogP contribution in [0.5, 0.6) is 5.75 Å². The molecule has 3 aliphatic rings. The Hall–Kier alpha value is -2.58. The predicted octanol–water partition coefficient (Wildman–Crippen LogP) is 1.28. The van der Waals surface area contributed by atoms with Crippen molar-refractivity contribution < 1.29 is 24.4 Å². The number of fused-ring (bicyclic) bond motifs is 2. The summed E-state index contributed by atoms with van der Waals surface area (Å²) in [7, 11) is 0.798. The Morgan fingerprint density at radius 3 is 2.86 bits per heavy atom. The quantitative estimate of drug-likeness (QED) is 0.666. The molecule has 3 N–H and O–H groups in total.